The first kappa shape index (κ1) is 8.43. The molecule has 0 atom stereocenters. The molecule has 5 N–H and O–H groups in total. The van der Waals surface area contributed by atoms with Crippen LogP contribution in [0.4, 0.5) is 17.2 Å². The molecule has 1 heterocycles. The van der Waals surface area contributed by atoms with Crippen LogP contribution in [-0.2, 0) is 0 Å². The highest BCUT2D eigenvalue weighted by molar-refractivity contribution is 5.68. The highest BCUT2D eigenvalue weighted by Crippen LogP contribution is 2.21. The number of phenolic OH excluding ortho intramolecular Hbond substituents is 1. The van der Waals surface area contributed by atoms with E-state index >= 15 is 0 Å². The summed E-state index contributed by atoms with van der Waals surface area (Å²) in [5, 5.41) is 18.5. The van der Waals surface area contributed by atoms with Gasteiger partial charge in [0.1, 0.15) is 11.4 Å². The van der Waals surface area contributed by atoms with Crippen molar-refractivity contribution in [2.24, 2.45) is 0 Å². The van der Waals surface area contributed by atoms with E-state index in [4.69, 9.17) is 10.8 Å². The highest BCUT2D eigenvalue weighted by atomic mass is 16.3. The fraction of sp³-hybridized carbons (Fsp3) is 0. The summed E-state index contributed by atoms with van der Waals surface area (Å²) < 4.78 is 0. The van der Waals surface area contributed by atoms with Crippen molar-refractivity contribution in [3.63, 3.8) is 0 Å². The zero-order chi connectivity index (χ0) is 9.97. The highest BCUT2D eigenvalue weighted by Gasteiger charge is 2.00. The number of aromatic nitrogens is 2. The Kier molecular flexibility index (Phi) is 1.98. The maximum absolute atomic E-state index is 9.07. The third kappa shape index (κ3) is 1.61. The molecule has 0 bridgehead atoms. The van der Waals surface area contributed by atoms with Gasteiger partial charge in [0.2, 0.25) is 0 Å². The summed E-state index contributed by atoms with van der Waals surface area (Å²) in [6.45, 7) is 0. The fourth-order valence-electron chi connectivity index (χ4n) is 1.10. The van der Waals surface area contributed by atoms with Crippen molar-refractivity contribution in [2.75, 3.05) is 11.1 Å². The molecular formula is C9H10N4O. The molecule has 2 aromatic rings. The molecule has 0 amide bonds. The second-order valence-corrected chi connectivity index (χ2v) is 2.86. The van der Waals surface area contributed by atoms with Crippen molar-refractivity contribution in [3.8, 4) is 5.75 Å². The number of rotatable bonds is 2. The Labute approximate surface area is 80.6 Å². The molecule has 1 aromatic carbocycles. The number of hydrogen-bond acceptors (Lipinski definition) is 4. The molecule has 0 aliphatic heterocycles. The van der Waals surface area contributed by atoms with Gasteiger partial charge in [0, 0.05) is 11.9 Å². The van der Waals surface area contributed by atoms with Crippen molar-refractivity contribution < 1.29 is 5.11 Å². The molecule has 2 rings (SSSR count). The Hall–Kier alpha value is -2.17. The number of H-pyrrole nitrogens is 1. The largest absolute Gasteiger partial charge is 0.508 e. The Morgan fingerprint density at radius 3 is 2.57 bits per heavy atom. The number of nitrogens with zero attached hydrogens (tertiary/aromatic N) is 1. The minimum absolute atomic E-state index is 0.232. The van der Waals surface area contributed by atoms with Crippen LogP contribution >= 0.6 is 0 Å². The van der Waals surface area contributed by atoms with E-state index in [-0.39, 0.29) is 5.75 Å². The SMILES string of the molecule is Nc1n[nH]cc1Nc1ccc(O)cc1. The molecule has 0 saturated carbocycles. The first-order chi connectivity index (χ1) is 6.75. The average Bonchev–Trinajstić information content (AvgIpc) is 2.56. The molecule has 0 unspecified atom stereocenters. The molecule has 1 aromatic heterocycles. The number of nitrogen functional groups attached to an aromatic ring is 1. The molecule has 0 fully saturated rings. The van der Waals surface area contributed by atoms with Crippen LogP contribution in [0.5, 0.6) is 5.75 Å². The van der Waals surface area contributed by atoms with Gasteiger partial charge >= 0.3 is 0 Å². The summed E-state index contributed by atoms with van der Waals surface area (Å²) in [7, 11) is 0. The summed E-state index contributed by atoms with van der Waals surface area (Å²) in [6, 6.07) is 6.70. The van der Waals surface area contributed by atoms with Gasteiger partial charge < -0.3 is 16.2 Å². The van der Waals surface area contributed by atoms with E-state index in [0.29, 0.717) is 5.82 Å². The zero-order valence-electron chi connectivity index (χ0n) is 7.36. The number of phenols is 1. The lowest BCUT2D eigenvalue weighted by atomic mass is 10.3. The molecule has 14 heavy (non-hydrogen) atoms. The number of aromatic hydroxyl groups is 1. The average molecular weight is 190 g/mol. The number of aromatic amines is 1. The Morgan fingerprint density at radius 2 is 2.00 bits per heavy atom. The molecule has 0 spiro atoms. The predicted octanol–water partition coefficient (Wildman–Crippen LogP) is 1.44. The lowest BCUT2D eigenvalue weighted by Gasteiger charge is -2.03. The number of nitrogens with two attached hydrogens (primary N) is 1. The minimum atomic E-state index is 0.232. The van der Waals surface area contributed by atoms with Crippen molar-refractivity contribution in [3.05, 3.63) is 30.5 Å². The van der Waals surface area contributed by atoms with Gasteiger partial charge in [-0.15, -0.1) is 0 Å². The third-order valence-electron chi connectivity index (χ3n) is 1.82. The van der Waals surface area contributed by atoms with E-state index in [9.17, 15) is 0 Å². The van der Waals surface area contributed by atoms with E-state index in [1.807, 2.05) is 0 Å². The Balaban J connectivity index is 2.19. The van der Waals surface area contributed by atoms with Crippen LogP contribution in [0.1, 0.15) is 0 Å². The van der Waals surface area contributed by atoms with Crippen LogP contribution in [0, 0.1) is 0 Å². The molecule has 0 radical (unpaired) electrons. The number of hydrogen-bond donors (Lipinski definition) is 4. The lowest BCUT2D eigenvalue weighted by Crippen LogP contribution is -1.93. The van der Waals surface area contributed by atoms with Gasteiger partial charge in [-0.3, -0.25) is 5.10 Å². The first-order valence-corrected chi connectivity index (χ1v) is 4.11. The van der Waals surface area contributed by atoms with Crippen LogP contribution in [-0.4, -0.2) is 15.3 Å². The van der Waals surface area contributed by atoms with Crippen molar-refractivity contribution in [1.29, 1.82) is 0 Å². The molecule has 5 heteroatoms. The summed E-state index contributed by atoms with van der Waals surface area (Å²) in [6.07, 6.45) is 1.67. The summed E-state index contributed by atoms with van der Waals surface area (Å²) >= 11 is 0. The van der Waals surface area contributed by atoms with E-state index in [1.165, 1.54) is 0 Å². The minimum Gasteiger partial charge on any atom is -0.508 e. The Bertz CT molecular complexity index is 421. The van der Waals surface area contributed by atoms with Crippen LogP contribution < -0.4 is 11.1 Å². The Morgan fingerprint density at radius 1 is 1.29 bits per heavy atom. The summed E-state index contributed by atoms with van der Waals surface area (Å²) in [5.74, 6) is 0.647. The number of anilines is 3. The summed E-state index contributed by atoms with van der Waals surface area (Å²) in [5.41, 5.74) is 7.13. The first-order valence-electron chi connectivity index (χ1n) is 4.11. The molecular weight excluding hydrogens is 180 g/mol. The lowest BCUT2D eigenvalue weighted by molar-refractivity contribution is 0.475. The van der Waals surface area contributed by atoms with E-state index in [2.05, 4.69) is 15.5 Å². The monoisotopic (exact) mass is 190 g/mol. The van der Waals surface area contributed by atoms with Crippen molar-refractivity contribution in [2.45, 2.75) is 0 Å². The van der Waals surface area contributed by atoms with Crippen molar-refractivity contribution in [1.82, 2.24) is 10.2 Å². The molecule has 5 nitrogen and oxygen atoms in total. The van der Waals surface area contributed by atoms with Gasteiger partial charge in [-0.1, -0.05) is 0 Å². The standard InChI is InChI=1S/C9H10N4O/c10-9-8(5-11-13-9)12-6-1-3-7(14)4-2-6/h1-5,12,14H,(H3,10,11,13). The van der Waals surface area contributed by atoms with Gasteiger partial charge in [-0.05, 0) is 24.3 Å². The number of benzene rings is 1. The van der Waals surface area contributed by atoms with Crippen molar-refractivity contribution >= 4 is 17.2 Å². The third-order valence-corrected chi connectivity index (χ3v) is 1.82. The molecule has 0 aliphatic rings. The van der Waals surface area contributed by atoms with E-state index in [1.54, 1.807) is 30.5 Å². The zero-order valence-corrected chi connectivity index (χ0v) is 7.36. The van der Waals surface area contributed by atoms with Gasteiger partial charge in [-0.2, -0.15) is 5.10 Å². The fourth-order valence-corrected chi connectivity index (χ4v) is 1.10. The summed E-state index contributed by atoms with van der Waals surface area (Å²) in [4.78, 5) is 0. The molecule has 0 aliphatic carbocycles. The topological polar surface area (TPSA) is 87.0 Å². The maximum Gasteiger partial charge on any atom is 0.169 e. The molecule has 0 saturated heterocycles. The van der Waals surface area contributed by atoms with Crippen LogP contribution in [0.15, 0.2) is 30.5 Å². The van der Waals surface area contributed by atoms with Gasteiger partial charge in [0.15, 0.2) is 5.82 Å². The quantitative estimate of drug-likeness (QED) is 0.540. The normalized spacial score (nSPS) is 10.0. The molecule has 72 valence electrons. The number of nitrogens with one attached hydrogen (secondary N) is 2. The van der Waals surface area contributed by atoms with Gasteiger partial charge in [0.25, 0.3) is 0 Å². The van der Waals surface area contributed by atoms with E-state index < -0.39 is 0 Å². The second-order valence-electron chi connectivity index (χ2n) is 2.86. The van der Waals surface area contributed by atoms with E-state index in [0.717, 1.165) is 11.4 Å². The van der Waals surface area contributed by atoms with Gasteiger partial charge in [0.05, 0.1) is 0 Å². The van der Waals surface area contributed by atoms with Crippen LogP contribution in [0.25, 0.3) is 0 Å². The predicted molar refractivity (Wildman–Crippen MR) is 54.4 cm³/mol. The smallest absolute Gasteiger partial charge is 0.169 e. The second kappa shape index (κ2) is 3.29. The van der Waals surface area contributed by atoms with Gasteiger partial charge in [-0.25, -0.2) is 0 Å². The van der Waals surface area contributed by atoms with Crippen LogP contribution in [0.3, 0.4) is 0 Å². The maximum atomic E-state index is 9.07. The van der Waals surface area contributed by atoms with Crippen LogP contribution in [0.2, 0.25) is 0 Å².